The van der Waals surface area contributed by atoms with Crippen LogP contribution in [0.5, 0.6) is 17.2 Å². The summed E-state index contributed by atoms with van der Waals surface area (Å²) in [7, 11) is 2.09. The fourth-order valence-corrected chi connectivity index (χ4v) is 10.3. The maximum Gasteiger partial charge on any atom is 0.329 e. The molecule has 2 N–H and O–H groups in total. The van der Waals surface area contributed by atoms with Crippen molar-refractivity contribution in [3.8, 4) is 17.2 Å². The maximum absolute atomic E-state index is 13.1. The van der Waals surface area contributed by atoms with Crippen LogP contribution in [0.25, 0.3) is 0 Å². The van der Waals surface area contributed by atoms with Gasteiger partial charge >= 0.3 is 5.97 Å². The van der Waals surface area contributed by atoms with Gasteiger partial charge in [-0.2, -0.15) is 0 Å². The molecule has 4 aliphatic rings. The number of halogens is 1. The molecule has 0 amide bonds. The highest BCUT2D eigenvalue weighted by Crippen LogP contribution is 2.58. The van der Waals surface area contributed by atoms with Crippen molar-refractivity contribution in [1.82, 2.24) is 19.9 Å². The van der Waals surface area contributed by atoms with E-state index in [-0.39, 0.29) is 17.3 Å². The first-order valence-corrected chi connectivity index (χ1v) is 20.7. The van der Waals surface area contributed by atoms with E-state index in [4.69, 9.17) is 25.8 Å². The zero-order valence-corrected chi connectivity index (χ0v) is 33.6. The van der Waals surface area contributed by atoms with Gasteiger partial charge in [-0.1, -0.05) is 31.5 Å². The summed E-state index contributed by atoms with van der Waals surface area (Å²) >= 11 is 6.32. The lowest BCUT2D eigenvalue weighted by molar-refractivity contribution is -0.144. The van der Waals surface area contributed by atoms with Crippen LogP contribution in [-0.2, 0) is 29.6 Å². The SMILES string of the molecule is C[C@@H](COc1ccnc2c1[C@H](C)CCC2)CC1Cc2cc3c(cc2C12CCC(Nc1cccc(Cl)c1)(C(=O)O)CC2)OCC(CN(C)Cc1ccncn1)CO3. The van der Waals surface area contributed by atoms with Gasteiger partial charge in [0.2, 0.25) is 0 Å². The topological polar surface area (TPSA) is 119 Å². The lowest BCUT2D eigenvalue weighted by atomic mass is 9.59. The Morgan fingerprint density at radius 1 is 1.07 bits per heavy atom. The normalized spacial score (nSPS) is 25.9. The van der Waals surface area contributed by atoms with Crippen LogP contribution in [0, 0.1) is 17.8 Å². The fourth-order valence-electron chi connectivity index (χ4n) is 10.1. The summed E-state index contributed by atoms with van der Waals surface area (Å²) in [5.74, 6) is 2.96. The summed E-state index contributed by atoms with van der Waals surface area (Å²) in [6, 6.07) is 15.8. The predicted molar refractivity (Wildman–Crippen MR) is 217 cm³/mol. The molecule has 1 saturated carbocycles. The second-order valence-electron chi connectivity index (χ2n) is 17.0. The molecule has 4 atom stereocenters. The largest absolute Gasteiger partial charge is 0.493 e. The number of rotatable bonds is 12. The summed E-state index contributed by atoms with van der Waals surface area (Å²) in [6.07, 6.45) is 12.9. The van der Waals surface area contributed by atoms with Crippen LogP contribution < -0.4 is 19.5 Å². The molecule has 2 aromatic carbocycles. The van der Waals surface area contributed by atoms with Gasteiger partial charge in [-0.15, -0.1) is 0 Å². The number of aliphatic carboxylic acids is 1. The Hall–Kier alpha value is -4.41. The molecule has 0 saturated heterocycles. The maximum atomic E-state index is 13.1. The van der Waals surface area contributed by atoms with Crippen molar-refractivity contribution in [2.75, 3.05) is 38.7 Å². The Kier molecular flexibility index (Phi) is 11.1. The van der Waals surface area contributed by atoms with Gasteiger partial charge in [0.15, 0.2) is 11.5 Å². The molecule has 3 heterocycles. The Labute approximate surface area is 335 Å². The van der Waals surface area contributed by atoms with Crippen LogP contribution in [0.4, 0.5) is 5.69 Å². The number of carboxylic acids is 1. The van der Waals surface area contributed by atoms with Crippen molar-refractivity contribution >= 4 is 23.3 Å². The van der Waals surface area contributed by atoms with Gasteiger partial charge in [-0.05, 0) is 142 Å². The number of hydrogen-bond donors (Lipinski definition) is 2. The number of aromatic nitrogens is 3. The number of carbonyl (C=O) groups is 1. The lowest BCUT2D eigenvalue weighted by Gasteiger charge is -2.47. The highest BCUT2D eigenvalue weighted by Gasteiger charge is 2.54. The van der Waals surface area contributed by atoms with Crippen molar-refractivity contribution < 1.29 is 24.1 Å². The highest BCUT2D eigenvalue weighted by molar-refractivity contribution is 6.30. The van der Waals surface area contributed by atoms with Crippen molar-refractivity contribution in [2.24, 2.45) is 17.8 Å². The number of nitrogens with zero attached hydrogens (tertiary/aromatic N) is 4. The molecule has 11 heteroatoms. The second-order valence-corrected chi connectivity index (χ2v) is 17.5. The summed E-state index contributed by atoms with van der Waals surface area (Å²) < 4.78 is 19.7. The molecule has 296 valence electrons. The highest BCUT2D eigenvalue weighted by atomic mass is 35.5. The molecule has 0 radical (unpaired) electrons. The number of benzene rings is 2. The van der Waals surface area contributed by atoms with E-state index in [1.165, 1.54) is 28.8 Å². The molecule has 56 heavy (non-hydrogen) atoms. The molecule has 3 aliphatic carbocycles. The van der Waals surface area contributed by atoms with Crippen LogP contribution in [0.15, 0.2) is 67.3 Å². The Morgan fingerprint density at radius 2 is 1.88 bits per heavy atom. The summed E-state index contributed by atoms with van der Waals surface area (Å²) in [5, 5.41) is 14.7. The fraction of sp³-hybridized carbons (Fsp3) is 0.511. The van der Waals surface area contributed by atoms with Crippen LogP contribution in [-0.4, -0.2) is 69.9 Å². The van der Waals surface area contributed by atoms with E-state index in [9.17, 15) is 9.90 Å². The smallest absolute Gasteiger partial charge is 0.329 e. The standard InChI is InChI=1S/C45H54ClN5O5/c1-29(25-54-39-11-17-48-38-9-4-6-30(2)42(38)39)18-33-19-32-20-40-41(56-27-31(26-55-40)23-51(3)24-36-10-16-47-28-49-36)22-37(32)44(33)12-14-45(15-13-44,43(52)53)50-35-8-5-7-34(46)21-35/h5,7-8,10-11,16-17,20-22,28-31,33,50H,4,6,9,12-15,18-19,23-27H2,1-3H3,(H,52,53)/t29-,30-,31?,33?,44?,45?/m1/s1. The van der Waals surface area contributed by atoms with Crippen molar-refractivity contribution in [1.29, 1.82) is 0 Å². The molecule has 4 aromatic rings. The van der Waals surface area contributed by atoms with Crippen molar-refractivity contribution in [3.63, 3.8) is 0 Å². The summed E-state index contributed by atoms with van der Waals surface area (Å²) in [6.45, 7) is 7.85. The molecule has 10 nitrogen and oxygen atoms in total. The first-order chi connectivity index (χ1) is 27.1. The average molecular weight is 780 g/mol. The van der Waals surface area contributed by atoms with Gasteiger partial charge in [0, 0.05) is 53.4 Å². The van der Waals surface area contributed by atoms with Crippen LogP contribution in [0.2, 0.25) is 5.02 Å². The molecule has 2 unspecified atom stereocenters. The van der Waals surface area contributed by atoms with E-state index in [0.29, 0.717) is 49.5 Å². The lowest BCUT2D eigenvalue weighted by Crippen LogP contribution is -2.53. The average Bonchev–Trinajstić information content (AvgIpc) is 3.31. The Balaban J connectivity index is 1.02. The molecule has 8 rings (SSSR count). The third kappa shape index (κ3) is 7.92. The molecule has 0 bridgehead atoms. The summed E-state index contributed by atoms with van der Waals surface area (Å²) in [4.78, 5) is 28.4. The Bertz CT molecular complexity index is 2020. The number of pyridine rings is 1. The quantitative estimate of drug-likeness (QED) is 0.145. The molecule has 1 spiro atoms. The van der Waals surface area contributed by atoms with E-state index >= 15 is 0 Å². The van der Waals surface area contributed by atoms with E-state index in [1.807, 2.05) is 30.5 Å². The third-order valence-corrected chi connectivity index (χ3v) is 13.2. The van der Waals surface area contributed by atoms with Crippen LogP contribution in [0.3, 0.4) is 0 Å². The number of anilines is 1. The van der Waals surface area contributed by atoms with E-state index < -0.39 is 11.5 Å². The minimum atomic E-state index is -1.09. The second kappa shape index (κ2) is 16.2. The van der Waals surface area contributed by atoms with Gasteiger partial charge in [0.05, 0.1) is 25.5 Å². The van der Waals surface area contributed by atoms with Gasteiger partial charge in [0.1, 0.15) is 17.6 Å². The molecule has 1 fully saturated rings. The third-order valence-electron chi connectivity index (χ3n) is 12.9. The molecular formula is C45H54ClN5O5. The van der Waals surface area contributed by atoms with E-state index in [2.05, 4.69) is 58.2 Å². The Morgan fingerprint density at radius 3 is 2.62 bits per heavy atom. The zero-order valence-electron chi connectivity index (χ0n) is 32.8. The van der Waals surface area contributed by atoms with Crippen molar-refractivity contribution in [3.05, 3.63) is 100 Å². The van der Waals surface area contributed by atoms with Gasteiger partial charge in [0.25, 0.3) is 0 Å². The number of carboxylic acid groups (broad SMARTS) is 1. The monoisotopic (exact) mass is 779 g/mol. The molecule has 1 aliphatic heterocycles. The minimum Gasteiger partial charge on any atom is -0.493 e. The summed E-state index contributed by atoms with van der Waals surface area (Å²) in [5.41, 5.74) is 5.44. The van der Waals surface area contributed by atoms with Crippen LogP contribution >= 0.6 is 11.6 Å². The molecule has 2 aromatic heterocycles. The van der Waals surface area contributed by atoms with Crippen LogP contribution in [0.1, 0.15) is 92.8 Å². The minimum absolute atomic E-state index is 0.184. The first-order valence-electron chi connectivity index (χ1n) is 20.3. The van der Waals surface area contributed by atoms with Gasteiger partial charge in [-0.25, -0.2) is 14.8 Å². The predicted octanol–water partition coefficient (Wildman–Crippen LogP) is 8.51. The van der Waals surface area contributed by atoms with E-state index in [1.54, 1.807) is 24.7 Å². The van der Waals surface area contributed by atoms with Gasteiger partial charge < -0.3 is 29.5 Å². The van der Waals surface area contributed by atoms with E-state index in [0.717, 1.165) is 80.2 Å². The number of fused-ring (bicyclic) bond motifs is 4. The number of aryl methyl sites for hydroxylation is 1. The van der Waals surface area contributed by atoms with Crippen molar-refractivity contribution in [2.45, 2.75) is 95.1 Å². The zero-order chi connectivity index (χ0) is 38.9. The molecular weight excluding hydrogens is 726 g/mol. The van der Waals surface area contributed by atoms with Gasteiger partial charge in [-0.3, -0.25) is 4.98 Å². The number of ether oxygens (including phenoxy) is 3. The number of hydrogen-bond acceptors (Lipinski definition) is 9. The number of nitrogens with one attached hydrogen (secondary N) is 1. The first kappa shape index (κ1) is 38.5.